The number of benzene rings is 3. The van der Waals surface area contributed by atoms with Crippen LogP contribution < -0.4 is 14.8 Å². The van der Waals surface area contributed by atoms with Crippen molar-refractivity contribution >= 4 is 12.0 Å². The molecule has 0 radical (unpaired) electrons. The van der Waals surface area contributed by atoms with E-state index in [9.17, 15) is 9.59 Å². The van der Waals surface area contributed by atoms with Gasteiger partial charge in [-0.1, -0.05) is 42.5 Å². The van der Waals surface area contributed by atoms with Crippen molar-refractivity contribution in [2.24, 2.45) is 0 Å². The van der Waals surface area contributed by atoms with Gasteiger partial charge in [0.2, 0.25) is 0 Å². The Bertz CT molecular complexity index is 1120. The molecule has 1 saturated heterocycles. The fraction of sp³-hybridized carbons (Fsp3) is 0.286. The summed E-state index contributed by atoms with van der Waals surface area (Å²) in [6.07, 6.45) is 0.531. The zero-order valence-electron chi connectivity index (χ0n) is 20.0. The van der Waals surface area contributed by atoms with Crippen LogP contribution in [0.1, 0.15) is 34.3 Å². The summed E-state index contributed by atoms with van der Waals surface area (Å²) in [5.74, 6) is 1.42. The highest BCUT2D eigenvalue weighted by Gasteiger charge is 2.41. The predicted molar refractivity (Wildman–Crippen MR) is 133 cm³/mol. The first-order valence-electron chi connectivity index (χ1n) is 11.6. The van der Waals surface area contributed by atoms with E-state index in [0.29, 0.717) is 43.8 Å². The van der Waals surface area contributed by atoms with Crippen LogP contribution in [0.25, 0.3) is 0 Å². The van der Waals surface area contributed by atoms with E-state index in [4.69, 9.17) is 14.2 Å². The number of nitrogens with one attached hydrogen (secondary N) is 1. The van der Waals surface area contributed by atoms with E-state index in [1.54, 1.807) is 38.5 Å². The van der Waals surface area contributed by atoms with Gasteiger partial charge in [-0.2, -0.15) is 0 Å². The number of hydrogen-bond donors (Lipinski definition) is 1. The third kappa shape index (κ3) is 5.74. The molecule has 35 heavy (non-hydrogen) atoms. The van der Waals surface area contributed by atoms with Crippen molar-refractivity contribution in [1.29, 1.82) is 0 Å². The Labute approximate surface area is 205 Å². The largest absolute Gasteiger partial charge is 0.497 e. The minimum Gasteiger partial charge on any atom is -0.497 e. The molecule has 1 aliphatic heterocycles. The Morgan fingerprint density at radius 3 is 1.97 bits per heavy atom. The van der Waals surface area contributed by atoms with E-state index in [2.05, 4.69) is 5.32 Å². The maximum atomic E-state index is 13.0. The Morgan fingerprint density at radius 1 is 0.829 bits per heavy atom. The van der Waals surface area contributed by atoms with Crippen LogP contribution in [0.5, 0.6) is 11.5 Å². The molecule has 3 aromatic carbocycles. The molecule has 1 fully saturated rings. The molecule has 1 N–H and O–H groups in total. The topological polar surface area (TPSA) is 77.1 Å². The lowest BCUT2D eigenvalue weighted by Crippen LogP contribution is -2.48. The van der Waals surface area contributed by atoms with Gasteiger partial charge in [-0.3, -0.25) is 4.79 Å². The molecule has 2 amide bonds. The molecule has 0 unspecified atom stereocenters. The van der Waals surface area contributed by atoms with E-state index in [0.717, 1.165) is 16.9 Å². The molecular weight excluding hydrogens is 444 g/mol. The molecule has 182 valence electrons. The molecular formula is C28H30N2O5. The number of alkyl carbamates (subject to hydrolysis) is 1. The molecule has 0 saturated carbocycles. The summed E-state index contributed by atoms with van der Waals surface area (Å²) < 4.78 is 16.4. The van der Waals surface area contributed by atoms with Crippen LogP contribution in [0.3, 0.4) is 0 Å². The number of piperidine rings is 1. The summed E-state index contributed by atoms with van der Waals surface area (Å²) in [5.41, 5.74) is 1.67. The maximum Gasteiger partial charge on any atom is 0.408 e. The zero-order valence-corrected chi connectivity index (χ0v) is 20.0. The van der Waals surface area contributed by atoms with E-state index < -0.39 is 11.7 Å². The van der Waals surface area contributed by atoms with Crippen molar-refractivity contribution in [2.45, 2.75) is 25.0 Å². The Kier molecular flexibility index (Phi) is 7.55. The third-order valence-corrected chi connectivity index (χ3v) is 6.38. The first kappa shape index (κ1) is 24.1. The molecule has 0 bridgehead atoms. The first-order chi connectivity index (χ1) is 17.0. The minimum atomic E-state index is -0.804. The minimum absolute atomic E-state index is 0.0433. The van der Waals surface area contributed by atoms with Gasteiger partial charge in [-0.05, 0) is 47.5 Å². The van der Waals surface area contributed by atoms with Gasteiger partial charge < -0.3 is 24.4 Å². The SMILES string of the molecule is COc1ccc(CNC(=O)OC2(c3ccccc3)CCN(C(=O)c3ccc(OC)cc3)CC2)cc1. The van der Waals surface area contributed by atoms with Crippen LogP contribution in [0.15, 0.2) is 78.9 Å². The number of hydrogen-bond acceptors (Lipinski definition) is 5. The number of nitrogens with zero attached hydrogens (tertiary/aromatic N) is 1. The summed E-state index contributed by atoms with van der Waals surface area (Å²) in [6, 6.07) is 24.3. The van der Waals surface area contributed by atoms with E-state index >= 15 is 0 Å². The van der Waals surface area contributed by atoms with E-state index in [1.165, 1.54) is 0 Å². The van der Waals surface area contributed by atoms with Crippen molar-refractivity contribution in [1.82, 2.24) is 10.2 Å². The summed E-state index contributed by atoms with van der Waals surface area (Å²) in [4.78, 5) is 27.7. The fourth-order valence-electron chi connectivity index (χ4n) is 4.31. The standard InChI is InChI=1S/C28H30N2O5/c1-33-24-12-8-21(9-13-24)20-29-27(32)35-28(23-6-4-3-5-7-23)16-18-30(19-17-28)26(31)22-10-14-25(34-2)15-11-22/h3-15H,16-20H2,1-2H3,(H,29,32). The van der Waals surface area contributed by atoms with E-state index in [1.807, 2.05) is 59.5 Å². The van der Waals surface area contributed by atoms with Gasteiger partial charge in [-0.25, -0.2) is 4.79 Å². The number of amides is 2. The van der Waals surface area contributed by atoms with Gasteiger partial charge in [0, 0.05) is 38.0 Å². The number of methoxy groups -OCH3 is 2. The summed E-state index contributed by atoms with van der Waals surface area (Å²) in [6.45, 7) is 1.30. The Hall–Kier alpha value is -4.00. The van der Waals surface area contributed by atoms with Crippen LogP contribution in [0.4, 0.5) is 4.79 Å². The molecule has 0 atom stereocenters. The first-order valence-corrected chi connectivity index (χ1v) is 11.6. The van der Waals surface area contributed by atoms with Gasteiger partial charge in [0.05, 0.1) is 14.2 Å². The van der Waals surface area contributed by atoms with Crippen molar-refractivity contribution in [3.05, 3.63) is 95.6 Å². The van der Waals surface area contributed by atoms with Crippen LogP contribution in [-0.2, 0) is 16.9 Å². The fourth-order valence-corrected chi connectivity index (χ4v) is 4.31. The van der Waals surface area contributed by atoms with Gasteiger partial charge in [0.1, 0.15) is 17.1 Å². The zero-order chi connectivity index (χ0) is 24.7. The molecule has 0 aromatic heterocycles. The van der Waals surface area contributed by atoms with Crippen LogP contribution in [0.2, 0.25) is 0 Å². The second-order valence-electron chi connectivity index (χ2n) is 8.47. The average molecular weight is 475 g/mol. The lowest BCUT2D eigenvalue weighted by molar-refractivity contribution is -0.0359. The lowest BCUT2D eigenvalue weighted by Gasteiger charge is -2.41. The Balaban J connectivity index is 1.42. The lowest BCUT2D eigenvalue weighted by atomic mass is 9.84. The second-order valence-corrected chi connectivity index (χ2v) is 8.47. The highest BCUT2D eigenvalue weighted by molar-refractivity contribution is 5.94. The number of rotatable bonds is 7. The molecule has 0 aliphatic carbocycles. The highest BCUT2D eigenvalue weighted by atomic mass is 16.6. The average Bonchev–Trinajstić information content (AvgIpc) is 2.92. The predicted octanol–water partition coefficient (Wildman–Crippen LogP) is 4.76. The number of likely N-dealkylation sites (tertiary alicyclic amines) is 1. The summed E-state index contributed by atoms with van der Waals surface area (Å²) >= 11 is 0. The molecule has 7 nitrogen and oxygen atoms in total. The van der Waals surface area contributed by atoms with Gasteiger partial charge in [0.15, 0.2) is 0 Å². The monoisotopic (exact) mass is 474 g/mol. The quantitative estimate of drug-likeness (QED) is 0.534. The third-order valence-electron chi connectivity index (χ3n) is 6.38. The van der Waals surface area contributed by atoms with Gasteiger partial charge in [-0.15, -0.1) is 0 Å². The molecule has 0 spiro atoms. The van der Waals surface area contributed by atoms with Gasteiger partial charge in [0.25, 0.3) is 5.91 Å². The smallest absolute Gasteiger partial charge is 0.408 e. The van der Waals surface area contributed by atoms with Crippen LogP contribution in [0, 0.1) is 0 Å². The normalized spacial score (nSPS) is 14.6. The van der Waals surface area contributed by atoms with E-state index in [-0.39, 0.29) is 5.91 Å². The van der Waals surface area contributed by atoms with Crippen molar-refractivity contribution in [3.8, 4) is 11.5 Å². The second kappa shape index (κ2) is 11.0. The van der Waals surface area contributed by atoms with Crippen molar-refractivity contribution in [2.75, 3.05) is 27.3 Å². The number of carbonyl (C=O) groups excluding carboxylic acids is 2. The maximum absolute atomic E-state index is 13.0. The van der Waals surface area contributed by atoms with Crippen LogP contribution >= 0.6 is 0 Å². The van der Waals surface area contributed by atoms with Crippen molar-refractivity contribution < 1.29 is 23.8 Å². The van der Waals surface area contributed by atoms with Gasteiger partial charge >= 0.3 is 6.09 Å². The summed E-state index contributed by atoms with van der Waals surface area (Å²) in [7, 11) is 3.21. The molecule has 1 heterocycles. The van der Waals surface area contributed by atoms with Crippen LogP contribution in [-0.4, -0.2) is 44.2 Å². The highest BCUT2D eigenvalue weighted by Crippen LogP contribution is 2.37. The van der Waals surface area contributed by atoms with Crippen molar-refractivity contribution in [3.63, 3.8) is 0 Å². The molecule has 1 aliphatic rings. The number of carbonyl (C=O) groups is 2. The molecule has 7 heteroatoms. The molecule has 4 rings (SSSR count). The molecule has 3 aromatic rings. The number of ether oxygens (including phenoxy) is 3. The summed E-state index contributed by atoms with van der Waals surface area (Å²) in [5, 5.41) is 2.85. The Morgan fingerprint density at radius 2 is 1.40 bits per heavy atom.